The largest absolute Gasteiger partial charge is 0.478 e. The van der Waals surface area contributed by atoms with Crippen molar-refractivity contribution >= 4 is 17.0 Å². The van der Waals surface area contributed by atoms with Gasteiger partial charge in [0.1, 0.15) is 11.2 Å². The lowest BCUT2D eigenvalue weighted by atomic mass is 10.1. The third kappa shape index (κ3) is 3.08. The third-order valence-corrected chi connectivity index (χ3v) is 4.24. The van der Waals surface area contributed by atoms with Gasteiger partial charge in [0.2, 0.25) is 0 Å². The zero-order valence-corrected chi connectivity index (χ0v) is 14.4. The number of fused-ring (bicyclic) bond motifs is 1. The second kappa shape index (κ2) is 6.49. The highest BCUT2D eigenvalue weighted by Crippen LogP contribution is 2.18. The van der Waals surface area contributed by atoms with Crippen LogP contribution in [0.2, 0.25) is 0 Å². The van der Waals surface area contributed by atoms with E-state index in [1.165, 1.54) is 6.07 Å². The fourth-order valence-corrected chi connectivity index (χ4v) is 2.99. The first kappa shape index (κ1) is 16.6. The highest BCUT2D eigenvalue weighted by molar-refractivity contribution is 5.87. The van der Waals surface area contributed by atoms with E-state index < -0.39 is 5.97 Å². The van der Waals surface area contributed by atoms with Gasteiger partial charge in [0.25, 0.3) is 5.56 Å². The zero-order valence-electron chi connectivity index (χ0n) is 14.4. The van der Waals surface area contributed by atoms with Crippen molar-refractivity contribution in [3.05, 3.63) is 76.0 Å². The Hall–Kier alpha value is -3.81. The van der Waals surface area contributed by atoms with Gasteiger partial charge < -0.3 is 10.1 Å². The maximum absolute atomic E-state index is 12.6. The molecule has 1 aromatic carbocycles. The SMILES string of the molecule is Cc1nn(Cc2cccc(C(=O)O)c2)c2nc(-c3ccncc3)[nH]c(=O)c12. The fraction of sp³-hybridized carbons (Fsp3) is 0.105. The van der Waals surface area contributed by atoms with Crippen LogP contribution < -0.4 is 5.56 Å². The molecule has 3 aromatic heterocycles. The highest BCUT2D eigenvalue weighted by atomic mass is 16.4. The summed E-state index contributed by atoms with van der Waals surface area (Å²) in [5.74, 6) is -0.566. The molecule has 4 aromatic rings. The van der Waals surface area contributed by atoms with E-state index in [1.54, 1.807) is 48.3 Å². The molecule has 0 saturated carbocycles. The molecular weight excluding hydrogens is 346 g/mol. The predicted molar refractivity (Wildman–Crippen MR) is 98.6 cm³/mol. The van der Waals surface area contributed by atoms with Gasteiger partial charge in [-0.3, -0.25) is 9.78 Å². The van der Waals surface area contributed by atoms with Gasteiger partial charge in [-0.2, -0.15) is 5.10 Å². The molecule has 3 heterocycles. The van der Waals surface area contributed by atoms with Crippen molar-refractivity contribution in [1.29, 1.82) is 0 Å². The number of nitrogens with one attached hydrogen (secondary N) is 1. The number of aromatic nitrogens is 5. The Balaban J connectivity index is 1.84. The Kier molecular flexibility index (Phi) is 4.00. The van der Waals surface area contributed by atoms with Gasteiger partial charge in [0, 0.05) is 18.0 Å². The number of carboxylic acid groups (broad SMARTS) is 1. The van der Waals surface area contributed by atoms with Gasteiger partial charge >= 0.3 is 5.97 Å². The number of hydrogen-bond acceptors (Lipinski definition) is 5. The number of H-pyrrole nitrogens is 1. The summed E-state index contributed by atoms with van der Waals surface area (Å²) < 4.78 is 1.62. The smallest absolute Gasteiger partial charge is 0.335 e. The fourth-order valence-electron chi connectivity index (χ4n) is 2.99. The minimum Gasteiger partial charge on any atom is -0.478 e. The van der Waals surface area contributed by atoms with E-state index in [1.807, 2.05) is 6.07 Å². The van der Waals surface area contributed by atoms with Crippen LogP contribution in [-0.2, 0) is 6.54 Å². The number of rotatable bonds is 4. The van der Waals surface area contributed by atoms with Crippen molar-refractivity contribution < 1.29 is 9.90 Å². The van der Waals surface area contributed by atoms with Gasteiger partial charge in [0.05, 0.1) is 17.8 Å². The quantitative estimate of drug-likeness (QED) is 0.576. The molecular formula is C19H15N5O3. The maximum atomic E-state index is 12.6. The standard InChI is InChI=1S/C19H15N5O3/c1-11-15-17(21-16(22-18(15)25)13-5-7-20-8-6-13)24(23-11)10-12-3-2-4-14(9-12)19(26)27/h2-9H,10H2,1H3,(H,26,27)(H,21,22,25). The van der Waals surface area contributed by atoms with Crippen molar-refractivity contribution in [3.63, 3.8) is 0 Å². The number of carboxylic acids is 1. The Bertz CT molecular complexity index is 1210. The first-order valence-electron chi connectivity index (χ1n) is 8.23. The van der Waals surface area contributed by atoms with Crippen LogP contribution in [0.4, 0.5) is 0 Å². The van der Waals surface area contributed by atoms with Crippen LogP contribution in [0.5, 0.6) is 0 Å². The minimum atomic E-state index is -0.993. The highest BCUT2D eigenvalue weighted by Gasteiger charge is 2.15. The van der Waals surface area contributed by atoms with Crippen molar-refractivity contribution in [3.8, 4) is 11.4 Å². The molecule has 0 aliphatic rings. The summed E-state index contributed by atoms with van der Waals surface area (Å²) in [6.07, 6.45) is 3.25. The van der Waals surface area contributed by atoms with Crippen LogP contribution in [-0.4, -0.2) is 35.8 Å². The van der Waals surface area contributed by atoms with E-state index in [-0.39, 0.29) is 11.1 Å². The van der Waals surface area contributed by atoms with Crippen LogP contribution in [0, 0.1) is 6.92 Å². The number of aryl methyl sites for hydroxylation is 1. The summed E-state index contributed by atoms with van der Waals surface area (Å²) in [4.78, 5) is 35.1. The molecule has 0 spiro atoms. The van der Waals surface area contributed by atoms with Crippen molar-refractivity contribution in [2.45, 2.75) is 13.5 Å². The summed E-state index contributed by atoms with van der Waals surface area (Å²) in [5.41, 5.74) is 2.44. The Morgan fingerprint density at radius 1 is 1.22 bits per heavy atom. The van der Waals surface area contributed by atoms with Crippen LogP contribution in [0.3, 0.4) is 0 Å². The molecule has 4 rings (SSSR count). The molecule has 0 saturated heterocycles. The monoisotopic (exact) mass is 361 g/mol. The van der Waals surface area contributed by atoms with E-state index in [2.05, 4.69) is 20.1 Å². The summed E-state index contributed by atoms with van der Waals surface area (Å²) >= 11 is 0. The summed E-state index contributed by atoms with van der Waals surface area (Å²) in [5, 5.41) is 14.0. The molecule has 0 amide bonds. The number of carbonyl (C=O) groups is 1. The van der Waals surface area contributed by atoms with Crippen LogP contribution in [0.15, 0.2) is 53.6 Å². The van der Waals surface area contributed by atoms with Gasteiger partial charge in [0.15, 0.2) is 5.65 Å². The number of hydrogen-bond donors (Lipinski definition) is 2. The second-order valence-corrected chi connectivity index (χ2v) is 6.10. The molecule has 27 heavy (non-hydrogen) atoms. The normalized spacial score (nSPS) is 11.0. The number of benzene rings is 1. The molecule has 0 fully saturated rings. The molecule has 0 atom stereocenters. The average molecular weight is 361 g/mol. The van der Waals surface area contributed by atoms with Crippen LogP contribution in [0.1, 0.15) is 21.6 Å². The molecule has 0 radical (unpaired) electrons. The number of pyridine rings is 1. The van der Waals surface area contributed by atoms with E-state index in [0.717, 1.165) is 11.1 Å². The molecule has 0 aliphatic heterocycles. The summed E-state index contributed by atoms with van der Waals surface area (Å²) in [6.45, 7) is 2.05. The second-order valence-electron chi connectivity index (χ2n) is 6.10. The topological polar surface area (TPSA) is 114 Å². The number of nitrogens with zero attached hydrogens (tertiary/aromatic N) is 4. The van der Waals surface area contributed by atoms with Gasteiger partial charge in [-0.15, -0.1) is 0 Å². The lowest BCUT2D eigenvalue weighted by Crippen LogP contribution is -2.11. The zero-order chi connectivity index (χ0) is 19.0. The van der Waals surface area contributed by atoms with E-state index in [9.17, 15) is 9.59 Å². The Morgan fingerprint density at radius 2 is 2.00 bits per heavy atom. The maximum Gasteiger partial charge on any atom is 0.335 e. The lowest BCUT2D eigenvalue weighted by Gasteiger charge is -2.06. The van der Waals surface area contributed by atoms with Crippen LogP contribution >= 0.6 is 0 Å². The van der Waals surface area contributed by atoms with Gasteiger partial charge in [-0.25, -0.2) is 14.5 Å². The van der Waals surface area contributed by atoms with Crippen molar-refractivity contribution in [2.24, 2.45) is 0 Å². The molecule has 2 N–H and O–H groups in total. The van der Waals surface area contributed by atoms with Gasteiger partial charge in [-0.05, 0) is 36.8 Å². The molecule has 0 bridgehead atoms. The number of aromatic carboxylic acids is 1. The van der Waals surface area contributed by atoms with Crippen molar-refractivity contribution in [2.75, 3.05) is 0 Å². The summed E-state index contributed by atoms with van der Waals surface area (Å²) in [6, 6.07) is 10.1. The van der Waals surface area contributed by atoms with E-state index in [0.29, 0.717) is 29.1 Å². The number of aromatic amines is 1. The lowest BCUT2D eigenvalue weighted by molar-refractivity contribution is 0.0696. The Morgan fingerprint density at radius 3 is 2.74 bits per heavy atom. The van der Waals surface area contributed by atoms with E-state index >= 15 is 0 Å². The van der Waals surface area contributed by atoms with Crippen LogP contribution in [0.25, 0.3) is 22.4 Å². The molecule has 8 nitrogen and oxygen atoms in total. The van der Waals surface area contributed by atoms with Gasteiger partial charge in [-0.1, -0.05) is 12.1 Å². The molecule has 8 heteroatoms. The molecule has 0 unspecified atom stereocenters. The minimum absolute atomic E-state index is 0.198. The molecule has 0 aliphatic carbocycles. The Labute approximate surface area is 153 Å². The average Bonchev–Trinajstić information content (AvgIpc) is 2.98. The third-order valence-electron chi connectivity index (χ3n) is 4.24. The summed E-state index contributed by atoms with van der Waals surface area (Å²) in [7, 11) is 0. The first-order valence-corrected chi connectivity index (χ1v) is 8.23. The van der Waals surface area contributed by atoms with E-state index in [4.69, 9.17) is 5.11 Å². The molecule has 134 valence electrons. The predicted octanol–water partition coefficient (Wildman–Crippen LogP) is 2.24. The van der Waals surface area contributed by atoms with Crippen molar-refractivity contribution in [1.82, 2.24) is 24.7 Å². The first-order chi connectivity index (χ1) is 13.0.